The first-order chi connectivity index (χ1) is 14.0. The minimum atomic E-state index is -0.931. The van der Waals surface area contributed by atoms with Gasteiger partial charge in [-0.2, -0.15) is 0 Å². The number of fused-ring (bicyclic) bond motifs is 1. The average Bonchev–Trinajstić information content (AvgIpc) is 3.39. The highest BCUT2D eigenvalue weighted by molar-refractivity contribution is 6.24. The first-order valence-corrected chi connectivity index (χ1v) is 10.3. The van der Waals surface area contributed by atoms with E-state index in [2.05, 4.69) is 16.0 Å². The first-order valence-electron chi connectivity index (χ1n) is 10.3. The van der Waals surface area contributed by atoms with E-state index in [1.54, 1.807) is 12.1 Å². The Labute approximate surface area is 168 Å². The number of nitrogens with one attached hydrogen (secondary N) is 3. The Balaban J connectivity index is 1.35. The lowest BCUT2D eigenvalue weighted by atomic mass is 9.96. The maximum absolute atomic E-state index is 13.1. The van der Waals surface area contributed by atoms with Crippen molar-refractivity contribution in [3.8, 4) is 0 Å². The Hall–Kier alpha value is -2.58. The van der Waals surface area contributed by atoms with Gasteiger partial charge in [0.25, 0.3) is 11.8 Å². The Kier molecular flexibility index (Phi) is 4.29. The smallest absolute Gasteiger partial charge is 0.262 e. The minimum absolute atomic E-state index is 0.121. The van der Waals surface area contributed by atoms with Gasteiger partial charge in [0, 0.05) is 24.5 Å². The lowest BCUT2D eigenvalue weighted by Gasteiger charge is -2.31. The number of nitrogens with zero attached hydrogens (tertiary/aromatic N) is 1. The van der Waals surface area contributed by atoms with E-state index < -0.39 is 23.8 Å². The van der Waals surface area contributed by atoms with Gasteiger partial charge < -0.3 is 10.6 Å². The second kappa shape index (κ2) is 6.74. The fraction of sp³-hybridized carbons (Fsp3) is 0.524. The summed E-state index contributed by atoms with van der Waals surface area (Å²) in [5.41, 5.74) is 1.80. The molecule has 8 nitrogen and oxygen atoms in total. The van der Waals surface area contributed by atoms with Crippen LogP contribution in [0.1, 0.15) is 64.8 Å². The van der Waals surface area contributed by atoms with E-state index in [4.69, 9.17) is 0 Å². The Morgan fingerprint density at radius 1 is 1.10 bits per heavy atom. The van der Waals surface area contributed by atoms with E-state index >= 15 is 0 Å². The number of hydrogen-bond acceptors (Lipinski definition) is 6. The summed E-state index contributed by atoms with van der Waals surface area (Å²) >= 11 is 0. The number of carbonyl (C=O) groups is 4. The van der Waals surface area contributed by atoms with Gasteiger partial charge in [-0.1, -0.05) is 12.1 Å². The quantitative estimate of drug-likeness (QED) is 0.639. The molecule has 1 aliphatic carbocycles. The molecule has 3 aliphatic heterocycles. The van der Waals surface area contributed by atoms with Crippen LogP contribution >= 0.6 is 0 Å². The summed E-state index contributed by atoms with van der Waals surface area (Å²) < 4.78 is 0. The molecule has 29 heavy (non-hydrogen) atoms. The van der Waals surface area contributed by atoms with E-state index in [1.807, 2.05) is 6.07 Å². The molecule has 8 heteroatoms. The van der Waals surface area contributed by atoms with Crippen molar-refractivity contribution >= 4 is 23.6 Å². The fourth-order valence-corrected chi connectivity index (χ4v) is 4.85. The molecule has 2 unspecified atom stereocenters. The van der Waals surface area contributed by atoms with Crippen LogP contribution in [0.2, 0.25) is 0 Å². The van der Waals surface area contributed by atoms with Gasteiger partial charge in [0.05, 0.1) is 11.1 Å². The summed E-state index contributed by atoms with van der Waals surface area (Å²) in [6, 6.07) is 4.72. The molecular weight excluding hydrogens is 372 g/mol. The van der Waals surface area contributed by atoms with Crippen LogP contribution in [0.15, 0.2) is 18.2 Å². The molecule has 4 aliphatic rings. The predicted octanol–water partition coefficient (Wildman–Crippen LogP) is 0.462. The SMILES string of the molecule is O=C1CCC(N2C(=O)c3cccc(CNC4CCNC5(CC5)C4)c3C2=O)C(=O)N1. The van der Waals surface area contributed by atoms with E-state index in [-0.39, 0.29) is 18.7 Å². The van der Waals surface area contributed by atoms with Gasteiger partial charge in [0.1, 0.15) is 6.04 Å². The second-order valence-electron chi connectivity index (χ2n) is 8.56. The predicted molar refractivity (Wildman–Crippen MR) is 103 cm³/mol. The molecule has 1 spiro atoms. The lowest BCUT2D eigenvalue weighted by Crippen LogP contribution is -2.54. The molecule has 1 saturated carbocycles. The number of piperidine rings is 2. The molecule has 152 valence electrons. The zero-order valence-corrected chi connectivity index (χ0v) is 16.1. The molecular formula is C21H24N4O4. The third-order valence-electron chi connectivity index (χ3n) is 6.62. The Morgan fingerprint density at radius 3 is 2.69 bits per heavy atom. The van der Waals surface area contributed by atoms with Crippen LogP contribution in [0, 0.1) is 0 Å². The standard InChI is InChI=1S/C21H24N4O4/c26-16-5-4-15(18(27)24-16)25-19(28)14-3-1-2-12(17(14)20(25)29)11-22-13-6-9-23-21(10-13)7-8-21/h1-3,13,15,22-23H,4-11H2,(H,24,26,27). The molecule has 0 radical (unpaired) electrons. The van der Waals surface area contributed by atoms with Gasteiger partial charge in [-0.05, 0) is 50.3 Å². The molecule has 3 fully saturated rings. The van der Waals surface area contributed by atoms with Gasteiger partial charge in [-0.25, -0.2) is 0 Å². The lowest BCUT2D eigenvalue weighted by molar-refractivity contribution is -0.136. The van der Waals surface area contributed by atoms with Gasteiger partial charge in [-0.15, -0.1) is 0 Å². The minimum Gasteiger partial charge on any atom is -0.311 e. The summed E-state index contributed by atoms with van der Waals surface area (Å²) in [5.74, 6) is -1.86. The van der Waals surface area contributed by atoms with Crippen LogP contribution < -0.4 is 16.0 Å². The average molecular weight is 396 g/mol. The number of benzene rings is 1. The van der Waals surface area contributed by atoms with Crippen molar-refractivity contribution in [2.45, 2.75) is 62.7 Å². The molecule has 4 amide bonds. The van der Waals surface area contributed by atoms with Crippen molar-refractivity contribution in [1.82, 2.24) is 20.9 Å². The summed E-state index contributed by atoms with van der Waals surface area (Å²) in [6.07, 6.45) is 4.85. The van der Waals surface area contributed by atoms with E-state index in [9.17, 15) is 19.2 Å². The third-order valence-corrected chi connectivity index (χ3v) is 6.62. The summed E-state index contributed by atoms with van der Waals surface area (Å²) in [7, 11) is 0. The number of imide groups is 2. The molecule has 0 bridgehead atoms. The molecule has 1 aromatic rings. The Morgan fingerprint density at radius 2 is 1.93 bits per heavy atom. The Bertz CT molecular complexity index is 923. The highest BCUT2D eigenvalue weighted by atomic mass is 16.2. The van der Waals surface area contributed by atoms with Gasteiger partial charge in [-0.3, -0.25) is 29.4 Å². The second-order valence-corrected chi connectivity index (χ2v) is 8.56. The van der Waals surface area contributed by atoms with Crippen molar-refractivity contribution in [1.29, 1.82) is 0 Å². The van der Waals surface area contributed by atoms with Crippen molar-refractivity contribution < 1.29 is 19.2 Å². The van der Waals surface area contributed by atoms with Gasteiger partial charge in [0.2, 0.25) is 11.8 Å². The highest BCUT2D eigenvalue weighted by Gasteiger charge is 2.47. The van der Waals surface area contributed by atoms with Crippen LogP contribution in [0.4, 0.5) is 0 Å². The van der Waals surface area contributed by atoms with Crippen LogP contribution in [0.25, 0.3) is 0 Å². The van der Waals surface area contributed by atoms with Gasteiger partial charge in [0.15, 0.2) is 0 Å². The molecule has 5 rings (SSSR count). The van der Waals surface area contributed by atoms with Crippen LogP contribution in [0.3, 0.4) is 0 Å². The monoisotopic (exact) mass is 396 g/mol. The number of rotatable bonds is 4. The maximum atomic E-state index is 13.1. The third kappa shape index (κ3) is 3.16. The molecule has 3 heterocycles. The van der Waals surface area contributed by atoms with E-state index in [0.717, 1.165) is 29.8 Å². The van der Waals surface area contributed by atoms with Crippen molar-refractivity contribution in [2.24, 2.45) is 0 Å². The van der Waals surface area contributed by atoms with Crippen LogP contribution in [0.5, 0.6) is 0 Å². The molecule has 2 saturated heterocycles. The zero-order valence-electron chi connectivity index (χ0n) is 16.1. The molecule has 1 aromatic carbocycles. The topological polar surface area (TPSA) is 108 Å². The van der Waals surface area contributed by atoms with E-state index in [0.29, 0.717) is 29.3 Å². The summed E-state index contributed by atoms with van der Waals surface area (Å²) in [6.45, 7) is 1.50. The maximum Gasteiger partial charge on any atom is 0.262 e. The van der Waals surface area contributed by atoms with Crippen molar-refractivity contribution in [2.75, 3.05) is 6.54 Å². The van der Waals surface area contributed by atoms with Crippen LogP contribution in [-0.4, -0.2) is 52.7 Å². The normalized spacial score (nSPS) is 27.9. The largest absolute Gasteiger partial charge is 0.311 e. The number of hydrogen-bond donors (Lipinski definition) is 3. The zero-order chi connectivity index (χ0) is 20.2. The summed E-state index contributed by atoms with van der Waals surface area (Å²) in [5, 5.41) is 9.38. The molecule has 2 atom stereocenters. The number of amides is 4. The summed E-state index contributed by atoms with van der Waals surface area (Å²) in [4.78, 5) is 50.7. The number of carbonyl (C=O) groups excluding carboxylic acids is 4. The van der Waals surface area contributed by atoms with Gasteiger partial charge >= 0.3 is 0 Å². The first kappa shape index (κ1) is 18.4. The van der Waals surface area contributed by atoms with Crippen LogP contribution in [-0.2, 0) is 16.1 Å². The molecule has 0 aromatic heterocycles. The van der Waals surface area contributed by atoms with Crippen molar-refractivity contribution in [3.63, 3.8) is 0 Å². The highest BCUT2D eigenvalue weighted by Crippen LogP contribution is 2.42. The van der Waals surface area contributed by atoms with Crippen molar-refractivity contribution in [3.05, 3.63) is 34.9 Å². The molecule has 3 N–H and O–H groups in total. The fourth-order valence-electron chi connectivity index (χ4n) is 4.85. The van der Waals surface area contributed by atoms with E-state index in [1.165, 1.54) is 12.8 Å².